The van der Waals surface area contributed by atoms with Gasteiger partial charge in [0.25, 0.3) is 0 Å². The molecule has 0 aliphatic rings. The molecular formula is C10H7BrN4. The molecule has 0 saturated carbocycles. The van der Waals surface area contributed by atoms with E-state index in [1.807, 2.05) is 30.3 Å². The first-order valence-electron chi connectivity index (χ1n) is 4.23. The topological polar surface area (TPSA) is 78.5 Å². The number of nitrogens with zero attached hydrogens (tertiary/aromatic N) is 2. The number of hydrogen-bond acceptors (Lipinski definition) is 3. The number of halogens is 1. The lowest BCUT2D eigenvalue weighted by molar-refractivity contribution is 1.10. The fourth-order valence-electron chi connectivity index (χ4n) is 1.33. The fraction of sp³-hybridized carbons (Fsp3) is 0. The van der Waals surface area contributed by atoms with Gasteiger partial charge in [0.2, 0.25) is 0 Å². The van der Waals surface area contributed by atoms with Crippen molar-refractivity contribution < 1.29 is 0 Å². The summed E-state index contributed by atoms with van der Waals surface area (Å²) in [6, 6.07) is 9.60. The summed E-state index contributed by atoms with van der Waals surface area (Å²) >= 11 is 3.41. The highest BCUT2D eigenvalue weighted by Gasteiger charge is 2.13. The summed E-state index contributed by atoms with van der Waals surface area (Å²) in [5.41, 5.74) is 7.45. The van der Waals surface area contributed by atoms with E-state index in [-0.39, 0.29) is 5.82 Å². The smallest absolute Gasteiger partial charge is 0.163 e. The molecule has 0 aliphatic heterocycles. The largest absolute Gasteiger partial charge is 0.381 e. The lowest BCUT2D eigenvalue weighted by atomic mass is 10.1. The maximum Gasteiger partial charge on any atom is 0.163 e. The minimum absolute atomic E-state index is 0.225. The zero-order valence-corrected chi connectivity index (χ0v) is 9.25. The van der Waals surface area contributed by atoms with Crippen molar-refractivity contribution in [1.29, 1.82) is 5.26 Å². The van der Waals surface area contributed by atoms with E-state index in [4.69, 9.17) is 11.0 Å². The second-order valence-electron chi connectivity index (χ2n) is 2.95. The van der Waals surface area contributed by atoms with Gasteiger partial charge in [-0.25, -0.2) is 0 Å². The summed E-state index contributed by atoms with van der Waals surface area (Å²) in [6.45, 7) is 0. The predicted octanol–water partition coefficient (Wildman–Crippen LogP) is 2.29. The molecule has 0 unspecified atom stereocenters. The Bertz CT molecular complexity index is 539. The van der Waals surface area contributed by atoms with Crippen molar-refractivity contribution in [2.45, 2.75) is 0 Å². The SMILES string of the molecule is N#Cc1c(N)n[nH]c1-c1ccccc1Br. The number of nitriles is 1. The number of aromatic nitrogens is 2. The third-order valence-electron chi connectivity index (χ3n) is 2.05. The lowest BCUT2D eigenvalue weighted by Gasteiger charge is -2.00. The van der Waals surface area contributed by atoms with E-state index in [9.17, 15) is 0 Å². The predicted molar refractivity (Wildman–Crippen MR) is 60.9 cm³/mol. The molecule has 0 atom stereocenters. The highest BCUT2D eigenvalue weighted by Crippen LogP contribution is 2.30. The molecule has 1 aromatic heterocycles. The van der Waals surface area contributed by atoms with Gasteiger partial charge in [0.05, 0.1) is 5.69 Å². The quantitative estimate of drug-likeness (QED) is 0.828. The Morgan fingerprint density at radius 1 is 1.40 bits per heavy atom. The standard InChI is InChI=1S/C10H7BrN4/c11-8-4-2-1-3-6(8)9-7(5-12)10(13)15-14-9/h1-4H,(H3,13,14,15). The van der Waals surface area contributed by atoms with Gasteiger partial charge in [-0.15, -0.1) is 0 Å². The average molecular weight is 263 g/mol. The van der Waals surface area contributed by atoms with Gasteiger partial charge in [-0.3, -0.25) is 5.10 Å². The van der Waals surface area contributed by atoms with Crippen LogP contribution >= 0.6 is 15.9 Å². The number of benzene rings is 1. The summed E-state index contributed by atoms with van der Waals surface area (Å²) in [4.78, 5) is 0. The number of rotatable bonds is 1. The molecule has 2 rings (SSSR count). The molecule has 15 heavy (non-hydrogen) atoms. The molecule has 4 nitrogen and oxygen atoms in total. The van der Waals surface area contributed by atoms with Gasteiger partial charge in [0.1, 0.15) is 11.6 Å². The molecule has 5 heteroatoms. The van der Waals surface area contributed by atoms with Crippen molar-refractivity contribution >= 4 is 21.7 Å². The molecule has 0 aliphatic carbocycles. The van der Waals surface area contributed by atoms with Gasteiger partial charge in [-0.05, 0) is 6.07 Å². The highest BCUT2D eigenvalue weighted by atomic mass is 79.9. The van der Waals surface area contributed by atoms with E-state index < -0.39 is 0 Å². The van der Waals surface area contributed by atoms with E-state index >= 15 is 0 Å². The zero-order chi connectivity index (χ0) is 10.8. The van der Waals surface area contributed by atoms with Gasteiger partial charge >= 0.3 is 0 Å². The van der Waals surface area contributed by atoms with Crippen molar-refractivity contribution in [3.63, 3.8) is 0 Å². The highest BCUT2D eigenvalue weighted by molar-refractivity contribution is 9.10. The summed E-state index contributed by atoms with van der Waals surface area (Å²) < 4.78 is 0.894. The number of anilines is 1. The van der Waals surface area contributed by atoms with Crippen LogP contribution in [-0.4, -0.2) is 10.2 Å². The first kappa shape index (κ1) is 9.74. The van der Waals surface area contributed by atoms with Gasteiger partial charge in [-0.2, -0.15) is 10.4 Å². The number of nitrogens with one attached hydrogen (secondary N) is 1. The molecule has 0 fully saturated rings. The van der Waals surface area contributed by atoms with E-state index in [0.29, 0.717) is 11.3 Å². The minimum atomic E-state index is 0.225. The minimum Gasteiger partial charge on any atom is -0.381 e. The Labute approximate surface area is 94.9 Å². The summed E-state index contributed by atoms with van der Waals surface area (Å²) in [7, 11) is 0. The van der Waals surface area contributed by atoms with Crippen LogP contribution in [0, 0.1) is 11.3 Å². The first-order chi connectivity index (χ1) is 7.24. The molecule has 1 aromatic carbocycles. The molecule has 0 saturated heterocycles. The molecule has 0 bridgehead atoms. The van der Waals surface area contributed by atoms with E-state index in [1.165, 1.54) is 0 Å². The Kier molecular flexibility index (Phi) is 2.44. The number of H-pyrrole nitrogens is 1. The van der Waals surface area contributed by atoms with Gasteiger partial charge in [-0.1, -0.05) is 34.1 Å². The van der Waals surface area contributed by atoms with Crippen LogP contribution in [-0.2, 0) is 0 Å². The molecule has 2 aromatic rings. The second-order valence-corrected chi connectivity index (χ2v) is 3.80. The van der Waals surface area contributed by atoms with Gasteiger partial charge in [0.15, 0.2) is 5.82 Å². The summed E-state index contributed by atoms with van der Waals surface area (Å²) in [5.74, 6) is 0.225. The molecule has 0 spiro atoms. The number of hydrogen-bond donors (Lipinski definition) is 2. The molecule has 0 amide bonds. The molecule has 74 valence electrons. The van der Waals surface area contributed by atoms with Crippen LogP contribution in [0.25, 0.3) is 11.3 Å². The Morgan fingerprint density at radius 2 is 2.13 bits per heavy atom. The molecule has 0 radical (unpaired) electrons. The number of aromatic amines is 1. The van der Waals surface area contributed by atoms with Crippen LogP contribution < -0.4 is 5.73 Å². The van der Waals surface area contributed by atoms with Crippen LogP contribution in [0.3, 0.4) is 0 Å². The Balaban J connectivity index is 2.66. The number of nitrogens with two attached hydrogens (primary N) is 1. The van der Waals surface area contributed by atoms with Crippen molar-refractivity contribution in [1.82, 2.24) is 10.2 Å². The second kappa shape index (κ2) is 3.75. The zero-order valence-electron chi connectivity index (χ0n) is 7.66. The Hall–Kier alpha value is -1.80. The van der Waals surface area contributed by atoms with E-state index in [2.05, 4.69) is 26.1 Å². The van der Waals surface area contributed by atoms with Crippen LogP contribution in [0.15, 0.2) is 28.7 Å². The van der Waals surface area contributed by atoms with E-state index in [0.717, 1.165) is 10.0 Å². The molecule has 3 N–H and O–H groups in total. The van der Waals surface area contributed by atoms with Crippen molar-refractivity contribution in [2.24, 2.45) is 0 Å². The third kappa shape index (κ3) is 1.60. The first-order valence-corrected chi connectivity index (χ1v) is 5.02. The maximum atomic E-state index is 8.94. The van der Waals surface area contributed by atoms with Crippen LogP contribution in [0.5, 0.6) is 0 Å². The Morgan fingerprint density at radius 3 is 2.80 bits per heavy atom. The van der Waals surface area contributed by atoms with Gasteiger partial charge < -0.3 is 5.73 Å². The van der Waals surface area contributed by atoms with E-state index in [1.54, 1.807) is 0 Å². The van der Waals surface area contributed by atoms with Crippen LogP contribution in [0.1, 0.15) is 5.56 Å². The lowest BCUT2D eigenvalue weighted by Crippen LogP contribution is -1.88. The average Bonchev–Trinajstić information content (AvgIpc) is 2.60. The summed E-state index contributed by atoms with van der Waals surface area (Å²) in [6.07, 6.45) is 0. The van der Waals surface area contributed by atoms with Crippen LogP contribution in [0.4, 0.5) is 5.82 Å². The third-order valence-corrected chi connectivity index (χ3v) is 2.74. The fourth-order valence-corrected chi connectivity index (χ4v) is 1.81. The summed E-state index contributed by atoms with van der Waals surface area (Å²) in [5, 5.41) is 15.5. The van der Waals surface area contributed by atoms with Gasteiger partial charge in [0, 0.05) is 10.0 Å². The molecular weight excluding hydrogens is 256 g/mol. The number of nitrogen functional groups attached to an aromatic ring is 1. The van der Waals surface area contributed by atoms with Crippen LogP contribution in [0.2, 0.25) is 0 Å². The molecule has 1 heterocycles. The van der Waals surface area contributed by atoms with Crippen molar-refractivity contribution in [3.8, 4) is 17.3 Å². The maximum absolute atomic E-state index is 8.94. The van der Waals surface area contributed by atoms with Crippen molar-refractivity contribution in [3.05, 3.63) is 34.3 Å². The van der Waals surface area contributed by atoms with Crippen molar-refractivity contribution in [2.75, 3.05) is 5.73 Å². The monoisotopic (exact) mass is 262 g/mol. The normalized spacial score (nSPS) is 9.87.